The summed E-state index contributed by atoms with van der Waals surface area (Å²) in [5, 5.41) is 4.11. The summed E-state index contributed by atoms with van der Waals surface area (Å²) in [5.74, 6) is 1.28. The first-order valence-electron chi connectivity index (χ1n) is 6.20. The number of rotatable bonds is 5. The molecule has 0 atom stereocenters. The van der Waals surface area contributed by atoms with Crippen LogP contribution in [0.3, 0.4) is 0 Å². The number of halogens is 3. The number of benzene rings is 1. The molecule has 0 radical (unpaired) electrons. The van der Waals surface area contributed by atoms with Gasteiger partial charge in [0.25, 0.3) is 0 Å². The Morgan fingerprint density at radius 3 is 2.52 bits per heavy atom. The molecule has 0 bridgehead atoms. The highest BCUT2D eigenvalue weighted by Gasteiger charge is 2.10. The van der Waals surface area contributed by atoms with Crippen LogP contribution in [-0.4, -0.2) is 16.5 Å². The summed E-state index contributed by atoms with van der Waals surface area (Å²) in [6.45, 7) is 2.81. The average molecular weight is 348 g/mol. The Kier molecular flexibility index (Phi) is 5.33. The fraction of sp³-hybridized carbons (Fsp3) is 0.231. The van der Waals surface area contributed by atoms with Crippen LogP contribution in [0, 0.1) is 0 Å². The molecule has 0 saturated heterocycles. The second-order valence-corrected chi connectivity index (χ2v) is 5.40. The van der Waals surface area contributed by atoms with E-state index in [0.29, 0.717) is 26.6 Å². The van der Waals surface area contributed by atoms with Crippen LogP contribution in [0.15, 0.2) is 18.2 Å². The SMILES string of the molecule is CCCNc1cc(Oc2cc(Cl)c(Cl)cc2Cl)nc(N)n1. The van der Waals surface area contributed by atoms with E-state index in [0.717, 1.165) is 13.0 Å². The van der Waals surface area contributed by atoms with Gasteiger partial charge in [-0.05, 0) is 12.5 Å². The highest BCUT2D eigenvalue weighted by Crippen LogP contribution is 2.36. The van der Waals surface area contributed by atoms with Crippen LogP contribution >= 0.6 is 34.8 Å². The third-order valence-corrected chi connectivity index (χ3v) is 3.48. The molecule has 2 rings (SSSR count). The summed E-state index contributed by atoms with van der Waals surface area (Å²) in [6.07, 6.45) is 0.957. The van der Waals surface area contributed by atoms with E-state index >= 15 is 0 Å². The lowest BCUT2D eigenvalue weighted by Crippen LogP contribution is -2.05. The molecule has 0 unspecified atom stereocenters. The van der Waals surface area contributed by atoms with E-state index in [4.69, 9.17) is 45.3 Å². The van der Waals surface area contributed by atoms with Gasteiger partial charge in [-0.15, -0.1) is 0 Å². The van der Waals surface area contributed by atoms with Crippen molar-refractivity contribution in [3.05, 3.63) is 33.3 Å². The van der Waals surface area contributed by atoms with Gasteiger partial charge in [-0.3, -0.25) is 0 Å². The van der Waals surface area contributed by atoms with E-state index in [1.165, 1.54) is 12.1 Å². The minimum Gasteiger partial charge on any atom is -0.437 e. The summed E-state index contributed by atoms with van der Waals surface area (Å²) in [5.41, 5.74) is 5.65. The van der Waals surface area contributed by atoms with Crippen molar-refractivity contribution in [3.8, 4) is 11.6 Å². The van der Waals surface area contributed by atoms with Crippen molar-refractivity contribution in [1.29, 1.82) is 0 Å². The Morgan fingerprint density at radius 2 is 1.81 bits per heavy atom. The summed E-state index contributed by atoms with van der Waals surface area (Å²) in [4.78, 5) is 8.06. The van der Waals surface area contributed by atoms with Crippen LogP contribution in [0.4, 0.5) is 11.8 Å². The van der Waals surface area contributed by atoms with E-state index < -0.39 is 0 Å². The fourth-order valence-corrected chi connectivity index (χ4v) is 2.11. The number of aromatic nitrogens is 2. The van der Waals surface area contributed by atoms with Gasteiger partial charge >= 0.3 is 0 Å². The van der Waals surface area contributed by atoms with Crippen molar-refractivity contribution < 1.29 is 4.74 Å². The Balaban J connectivity index is 2.27. The zero-order valence-corrected chi connectivity index (χ0v) is 13.4. The second-order valence-electron chi connectivity index (χ2n) is 4.18. The van der Waals surface area contributed by atoms with Crippen molar-refractivity contribution >= 4 is 46.6 Å². The zero-order valence-electron chi connectivity index (χ0n) is 11.2. The minimum absolute atomic E-state index is 0.0993. The number of nitrogens with zero attached hydrogens (tertiary/aromatic N) is 2. The predicted molar refractivity (Wildman–Crippen MR) is 86.8 cm³/mol. The van der Waals surface area contributed by atoms with Crippen LogP contribution < -0.4 is 15.8 Å². The minimum atomic E-state index is 0.0993. The average Bonchev–Trinajstić information content (AvgIpc) is 2.42. The molecule has 8 heteroatoms. The van der Waals surface area contributed by atoms with Gasteiger partial charge in [0.15, 0.2) is 0 Å². The Morgan fingerprint density at radius 1 is 1.10 bits per heavy atom. The normalized spacial score (nSPS) is 10.5. The highest BCUT2D eigenvalue weighted by atomic mass is 35.5. The topological polar surface area (TPSA) is 73.1 Å². The quantitative estimate of drug-likeness (QED) is 0.771. The molecule has 21 heavy (non-hydrogen) atoms. The number of nitrogen functional groups attached to an aromatic ring is 1. The molecule has 2 aromatic rings. The third kappa shape index (κ3) is 4.27. The second kappa shape index (κ2) is 7.02. The number of ether oxygens (including phenoxy) is 1. The van der Waals surface area contributed by atoms with Crippen molar-refractivity contribution in [1.82, 2.24) is 9.97 Å². The van der Waals surface area contributed by atoms with Gasteiger partial charge in [0.05, 0.1) is 15.1 Å². The van der Waals surface area contributed by atoms with Crippen molar-refractivity contribution in [2.75, 3.05) is 17.6 Å². The maximum atomic E-state index is 6.06. The van der Waals surface area contributed by atoms with Crippen molar-refractivity contribution in [2.24, 2.45) is 0 Å². The zero-order chi connectivity index (χ0) is 15.4. The summed E-state index contributed by atoms with van der Waals surface area (Å²) < 4.78 is 5.60. The monoisotopic (exact) mass is 346 g/mol. The maximum Gasteiger partial charge on any atom is 0.226 e. The van der Waals surface area contributed by atoms with Crippen LogP contribution in [0.1, 0.15) is 13.3 Å². The Labute approximate surface area is 137 Å². The fourth-order valence-electron chi connectivity index (χ4n) is 1.53. The predicted octanol–water partition coefficient (Wildman–Crippen LogP) is 4.63. The number of anilines is 2. The Hall–Kier alpha value is -1.43. The molecule has 0 spiro atoms. The van der Waals surface area contributed by atoms with Crippen LogP contribution in [0.5, 0.6) is 11.6 Å². The van der Waals surface area contributed by atoms with E-state index in [9.17, 15) is 0 Å². The molecule has 1 aromatic carbocycles. The lowest BCUT2D eigenvalue weighted by molar-refractivity contribution is 0.463. The Bertz CT molecular complexity index is 652. The summed E-state index contributed by atoms with van der Waals surface area (Å²) in [7, 11) is 0. The first-order chi connectivity index (χ1) is 9.99. The van der Waals surface area contributed by atoms with Crippen LogP contribution in [-0.2, 0) is 0 Å². The first-order valence-corrected chi connectivity index (χ1v) is 7.33. The van der Waals surface area contributed by atoms with E-state index in [1.807, 2.05) is 6.92 Å². The van der Waals surface area contributed by atoms with Gasteiger partial charge in [-0.1, -0.05) is 41.7 Å². The van der Waals surface area contributed by atoms with Gasteiger partial charge in [-0.2, -0.15) is 9.97 Å². The summed E-state index contributed by atoms with van der Waals surface area (Å²) >= 11 is 17.9. The van der Waals surface area contributed by atoms with E-state index in [1.54, 1.807) is 6.07 Å². The van der Waals surface area contributed by atoms with E-state index in [-0.39, 0.29) is 11.8 Å². The number of nitrogens with two attached hydrogens (primary N) is 1. The highest BCUT2D eigenvalue weighted by molar-refractivity contribution is 6.43. The molecule has 0 fully saturated rings. The maximum absolute atomic E-state index is 6.06. The largest absolute Gasteiger partial charge is 0.437 e. The van der Waals surface area contributed by atoms with E-state index in [2.05, 4.69) is 15.3 Å². The standard InChI is InChI=1S/C13H13Cl3N4O/c1-2-3-18-11-6-12(20-13(17)19-11)21-10-5-8(15)7(14)4-9(10)16/h4-6H,2-3H2,1H3,(H3,17,18,19,20). The lowest BCUT2D eigenvalue weighted by Gasteiger charge is -2.10. The number of hydrogen-bond acceptors (Lipinski definition) is 5. The van der Waals surface area contributed by atoms with Gasteiger partial charge < -0.3 is 15.8 Å². The molecule has 1 heterocycles. The molecule has 5 nitrogen and oxygen atoms in total. The summed E-state index contributed by atoms with van der Waals surface area (Å²) in [6, 6.07) is 4.65. The van der Waals surface area contributed by atoms with Crippen LogP contribution in [0.2, 0.25) is 15.1 Å². The molecule has 0 aliphatic carbocycles. The van der Waals surface area contributed by atoms with Gasteiger partial charge in [-0.25, -0.2) is 0 Å². The van der Waals surface area contributed by atoms with Crippen molar-refractivity contribution in [3.63, 3.8) is 0 Å². The molecule has 3 N–H and O–H groups in total. The smallest absolute Gasteiger partial charge is 0.226 e. The molecular formula is C13H13Cl3N4O. The number of nitrogens with one attached hydrogen (secondary N) is 1. The molecule has 1 aromatic heterocycles. The molecule has 0 aliphatic heterocycles. The molecule has 0 amide bonds. The van der Waals surface area contributed by atoms with Gasteiger partial charge in [0.2, 0.25) is 11.8 Å². The van der Waals surface area contributed by atoms with Crippen molar-refractivity contribution in [2.45, 2.75) is 13.3 Å². The lowest BCUT2D eigenvalue weighted by atomic mass is 10.3. The van der Waals surface area contributed by atoms with Crippen LogP contribution in [0.25, 0.3) is 0 Å². The molecule has 0 saturated carbocycles. The molecular weight excluding hydrogens is 335 g/mol. The first kappa shape index (κ1) is 15.9. The molecule has 0 aliphatic rings. The third-order valence-electron chi connectivity index (χ3n) is 2.47. The van der Waals surface area contributed by atoms with Gasteiger partial charge in [0.1, 0.15) is 11.6 Å². The van der Waals surface area contributed by atoms with Gasteiger partial charge in [0, 0.05) is 18.7 Å². The number of hydrogen-bond donors (Lipinski definition) is 2. The molecule has 112 valence electrons.